The third kappa shape index (κ3) is 5.97. The van der Waals surface area contributed by atoms with Gasteiger partial charge < -0.3 is 14.6 Å². The molecule has 0 bridgehead atoms. The maximum absolute atomic E-state index is 11.8. The Morgan fingerprint density at radius 2 is 1.72 bits per heavy atom. The van der Waals surface area contributed by atoms with Crippen LogP contribution in [0.4, 0.5) is 0 Å². The average Bonchev–Trinajstić information content (AvgIpc) is 3.26. The first-order valence-electron chi connectivity index (χ1n) is 10.6. The molecule has 32 heavy (non-hydrogen) atoms. The molecule has 0 amide bonds. The topological polar surface area (TPSA) is 90.7 Å². The Morgan fingerprint density at radius 1 is 1.03 bits per heavy atom. The van der Waals surface area contributed by atoms with Crippen LogP contribution in [0.1, 0.15) is 43.4 Å². The quantitative estimate of drug-likeness (QED) is 0.375. The highest BCUT2D eigenvalue weighted by atomic mass is 16.5. The molecule has 1 heterocycles. The highest BCUT2D eigenvalue weighted by Crippen LogP contribution is 2.19. The molecule has 2 aromatic carbocycles. The average molecular weight is 437 g/mol. The van der Waals surface area contributed by atoms with E-state index in [4.69, 9.17) is 9.47 Å². The number of carboxylic acid groups (broad SMARTS) is 1. The largest absolute Gasteiger partial charge is 0.489 e. The van der Waals surface area contributed by atoms with Gasteiger partial charge in [0.05, 0.1) is 18.5 Å². The molecule has 3 aromatic rings. The Labute approximate surface area is 187 Å². The van der Waals surface area contributed by atoms with Crippen LogP contribution in [-0.4, -0.2) is 33.4 Å². The summed E-state index contributed by atoms with van der Waals surface area (Å²) in [7, 11) is 0. The van der Waals surface area contributed by atoms with Crippen molar-refractivity contribution in [2.75, 3.05) is 6.61 Å². The van der Waals surface area contributed by atoms with Crippen molar-refractivity contribution in [3.8, 4) is 11.4 Å². The number of carboxylic acids is 1. The first-order chi connectivity index (χ1) is 15.4. The lowest BCUT2D eigenvalue weighted by molar-refractivity contribution is -0.158. The molecule has 0 saturated heterocycles. The predicted octanol–water partition coefficient (Wildman–Crippen LogP) is 4.38. The van der Waals surface area contributed by atoms with E-state index in [1.807, 2.05) is 23.0 Å². The minimum absolute atomic E-state index is 0.0663. The summed E-state index contributed by atoms with van der Waals surface area (Å²) < 4.78 is 12.5. The molecule has 0 aliphatic heterocycles. The Hall–Kier alpha value is -3.61. The molecule has 0 saturated carbocycles. The van der Waals surface area contributed by atoms with Crippen LogP contribution in [0, 0.1) is 5.92 Å². The first-order valence-corrected chi connectivity index (χ1v) is 10.6. The number of carbonyl (C=O) groups excluding carboxylic acids is 1. The van der Waals surface area contributed by atoms with Crippen molar-refractivity contribution < 1.29 is 24.2 Å². The summed E-state index contributed by atoms with van der Waals surface area (Å²) >= 11 is 0. The maximum atomic E-state index is 11.8. The van der Waals surface area contributed by atoms with Crippen molar-refractivity contribution in [1.29, 1.82) is 0 Å². The molecular weight excluding hydrogens is 408 g/mol. The molecule has 168 valence electrons. The number of hydrogen-bond acceptors (Lipinski definition) is 5. The van der Waals surface area contributed by atoms with E-state index in [2.05, 4.69) is 31.1 Å². The zero-order valence-corrected chi connectivity index (χ0v) is 18.5. The van der Waals surface area contributed by atoms with E-state index in [0.717, 1.165) is 16.8 Å². The van der Waals surface area contributed by atoms with Crippen LogP contribution >= 0.6 is 0 Å². The molecule has 0 radical (unpaired) electrons. The smallest absolute Gasteiger partial charge is 0.320 e. The van der Waals surface area contributed by atoms with Crippen LogP contribution in [0.2, 0.25) is 0 Å². The summed E-state index contributed by atoms with van der Waals surface area (Å²) in [4.78, 5) is 23.2. The number of aliphatic carboxylic acids is 1. The second-order valence-electron chi connectivity index (χ2n) is 7.82. The molecule has 1 atom stereocenters. The van der Waals surface area contributed by atoms with Crippen molar-refractivity contribution in [2.45, 2.75) is 39.7 Å². The standard InChI is InChI=1S/C25H28N2O5/c1-4-31-25(30)23(24(28)29)13-18-5-11-22(12-6-18)32-16-19-14-26-27(15-19)21-9-7-20(8-10-21)17(2)3/h5-12,14-15,17,23H,4,13,16H2,1-3H3,(H,28,29). The van der Waals surface area contributed by atoms with Crippen molar-refractivity contribution >= 4 is 11.9 Å². The van der Waals surface area contributed by atoms with Gasteiger partial charge in [0.1, 0.15) is 12.4 Å². The van der Waals surface area contributed by atoms with E-state index >= 15 is 0 Å². The van der Waals surface area contributed by atoms with Gasteiger partial charge in [-0.25, -0.2) is 4.68 Å². The van der Waals surface area contributed by atoms with Gasteiger partial charge in [-0.3, -0.25) is 9.59 Å². The first kappa shape index (κ1) is 23.1. The molecule has 1 aromatic heterocycles. The molecule has 0 aliphatic carbocycles. The van der Waals surface area contributed by atoms with Gasteiger partial charge in [0.15, 0.2) is 5.92 Å². The number of esters is 1. The van der Waals surface area contributed by atoms with Gasteiger partial charge in [0.2, 0.25) is 0 Å². The molecule has 7 nitrogen and oxygen atoms in total. The molecule has 7 heteroatoms. The van der Waals surface area contributed by atoms with Crippen LogP contribution < -0.4 is 4.74 Å². The number of benzene rings is 2. The fraction of sp³-hybridized carbons (Fsp3) is 0.320. The number of hydrogen-bond donors (Lipinski definition) is 1. The minimum atomic E-state index is -1.22. The maximum Gasteiger partial charge on any atom is 0.320 e. The summed E-state index contributed by atoms with van der Waals surface area (Å²) in [6.07, 6.45) is 3.76. The van der Waals surface area contributed by atoms with Crippen molar-refractivity contribution in [3.05, 3.63) is 77.6 Å². The highest BCUT2D eigenvalue weighted by Gasteiger charge is 2.27. The Balaban J connectivity index is 1.57. The molecule has 0 fully saturated rings. The van der Waals surface area contributed by atoms with Crippen LogP contribution in [0.25, 0.3) is 5.69 Å². The summed E-state index contributed by atoms with van der Waals surface area (Å²) in [6.45, 7) is 6.47. The number of nitrogens with zero attached hydrogens (tertiary/aromatic N) is 2. The lowest BCUT2D eigenvalue weighted by atomic mass is 9.99. The summed E-state index contributed by atoms with van der Waals surface area (Å²) in [5.74, 6) is -2.01. The zero-order chi connectivity index (χ0) is 23.1. The van der Waals surface area contributed by atoms with Gasteiger partial charge in [0, 0.05) is 11.8 Å². The number of aromatic nitrogens is 2. The highest BCUT2D eigenvalue weighted by molar-refractivity contribution is 5.94. The van der Waals surface area contributed by atoms with E-state index in [0.29, 0.717) is 18.3 Å². The summed E-state index contributed by atoms with van der Waals surface area (Å²) in [5.41, 5.74) is 3.91. The zero-order valence-electron chi connectivity index (χ0n) is 18.5. The normalized spacial score (nSPS) is 11.9. The SMILES string of the molecule is CCOC(=O)C(Cc1ccc(OCc2cnn(-c3ccc(C(C)C)cc3)c2)cc1)C(=O)O. The third-order valence-corrected chi connectivity index (χ3v) is 5.10. The fourth-order valence-electron chi connectivity index (χ4n) is 3.23. The van der Waals surface area contributed by atoms with Crippen LogP contribution in [0.15, 0.2) is 60.9 Å². The van der Waals surface area contributed by atoms with Gasteiger partial charge in [-0.2, -0.15) is 5.10 Å². The van der Waals surface area contributed by atoms with E-state index < -0.39 is 17.9 Å². The monoisotopic (exact) mass is 436 g/mol. The van der Waals surface area contributed by atoms with Crippen molar-refractivity contribution in [1.82, 2.24) is 9.78 Å². The van der Waals surface area contributed by atoms with Gasteiger partial charge in [-0.15, -0.1) is 0 Å². The van der Waals surface area contributed by atoms with E-state index in [1.165, 1.54) is 5.56 Å². The lowest BCUT2D eigenvalue weighted by Crippen LogP contribution is -2.27. The summed E-state index contributed by atoms with van der Waals surface area (Å²) in [6, 6.07) is 15.3. The molecule has 0 aliphatic rings. The third-order valence-electron chi connectivity index (χ3n) is 5.10. The van der Waals surface area contributed by atoms with Gasteiger partial charge in [0.25, 0.3) is 0 Å². The van der Waals surface area contributed by atoms with Gasteiger partial charge >= 0.3 is 11.9 Å². The van der Waals surface area contributed by atoms with Crippen molar-refractivity contribution in [3.63, 3.8) is 0 Å². The van der Waals surface area contributed by atoms with E-state index in [1.54, 1.807) is 37.4 Å². The number of carbonyl (C=O) groups is 2. The van der Waals surface area contributed by atoms with Crippen LogP contribution in [0.3, 0.4) is 0 Å². The summed E-state index contributed by atoms with van der Waals surface area (Å²) in [5, 5.41) is 13.7. The Bertz CT molecular complexity index is 1040. The van der Waals surface area contributed by atoms with Crippen LogP contribution in [-0.2, 0) is 27.4 Å². The van der Waals surface area contributed by atoms with Crippen LogP contribution in [0.5, 0.6) is 5.75 Å². The number of ether oxygens (including phenoxy) is 2. The molecule has 3 rings (SSSR count). The fourth-order valence-corrected chi connectivity index (χ4v) is 3.23. The Kier molecular flexibility index (Phi) is 7.65. The second-order valence-corrected chi connectivity index (χ2v) is 7.82. The van der Waals surface area contributed by atoms with Crippen molar-refractivity contribution in [2.24, 2.45) is 5.92 Å². The lowest BCUT2D eigenvalue weighted by Gasteiger charge is -2.12. The molecule has 1 unspecified atom stereocenters. The Morgan fingerprint density at radius 3 is 2.31 bits per heavy atom. The molecule has 0 spiro atoms. The van der Waals surface area contributed by atoms with Gasteiger partial charge in [-0.05, 0) is 54.7 Å². The predicted molar refractivity (Wildman–Crippen MR) is 120 cm³/mol. The second kappa shape index (κ2) is 10.6. The minimum Gasteiger partial charge on any atom is -0.489 e. The number of rotatable bonds is 10. The molecule has 1 N–H and O–H groups in total. The van der Waals surface area contributed by atoms with E-state index in [9.17, 15) is 14.7 Å². The van der Waals surface area contributed by atoms with Gasteiger partial charge in [-0.1, -0.05) is 38.1 Å². The molecular formula is C25H28N2O5. The van der Waals surface area contributed by atoms with E-state index in [-0.39, 0.29) is 13.0 Å².